The molecule has 1 saturated heterocycles. The lowest BCUT2D eigenvalue weighted by atomic mass is 10.1. The molecule has 5 nitrogen and oxygen atoms in total. The molecule has 0 spiro atoms. The summed E-state index contributed by atoms with van der Waals surface area (Å²) in [5.74, 6) is 0.923. The number of nitrogens with zero attached hydrogens (tertiary/aromatic N) is 3. The standard InChI is InChI=1S/C16H20N4OS/c1-11-5-6-12(22-11)8-16(21)20-7-3-4-14(20)13-9-18-10-15(17-2)19-13/h5-6,9-10,14H,3-4,7-8H2,1-2H3,(H,17,19). The number of likely N-dealkylation sites (tertiary alicyclic amines) is 1. The lowest BCUT2D eigenvalue weighted by molar-refractivity contribution is -0.131. The van der Waals surface area contributed by atoms with Gasteiger partial charge in [0.05, 0.1) is 30.6 Å². The van der Waals surface area contributed by atoms with Crippen molar-refractivity contribution in [2.75, 3.05) is 18.9 Å². The van der Waals surface area contributed by atoms with Gasteiger partial charge in [0.2, 0.25) is 5.91 Å². The van der Waals surface area contributed by atoms with E-state index in [0.717, 1.165) is 35.8 Å². The number of aromatic nitrogens is 2. The van der Waals surface area contributed by atoms with Crippen molar-refractivity contribution in [3.63, 3.8) is 0 Å². The molecule has 0 bridgehead atoms. The molecule has 0 saturated carbocycles. The molecule has 22 heavy (non-hydrogen) atoms. The van der Waals surface area contributed by atoms with Crippen LogP contribution >= 0.6 is 11.3 Å². The summed E-state index contributed by atoms with van der Waals surface area (Å²) >= 11 is 1.69. The molecule has 1 aliphatic heterocycles. The normalized spacial score (nSPS) is 17.7. The second-order valence-electron chi connectivity index (χ2n) is 5.51. The molecule has 1 unspecified atom stereocenters. The number of anilines is 1. The maximum atomic E-state index is 12.6. The van der Waals surface area contributed by atoms with Gasteiger partial charge >= 0.3 is 0 Å². The molecule has 6 heteroatoms. The maximum Gasteiger partial charge on any atom is 0.228 e. The fourth-order valence-corrected chi connectivity index (χ4v) is 3.75. The van der Waals surface area contributed by atoms with Crippen LogP contribution in [0.1, 0.15) is 34.3 Å². The van der Waals surface area contributed by atoms with Gasteiger partial charge in [0.1, 0.15) is 5.82 Å². The molecular formula is C16H20N4OS. The minimum atomic E-state index is 0.0503. The highest BCUT2D eigenvalue weighted by molar-refractivity contribution is 7.12. The Morgan fingerprint density at radius 1 is 1.45 bits per heavy atom. The minimum absolute atomic E-state index is 0.0503. The van der Waals surface area contributed by atoms with Gasteiger partial charge in [-0.1, -0.05) is 0 Å². The maximum absolute atomic E-state index is 12.6. The zero-order valence-electron chi connectivity index (χ0n) is 12.9. The third kappa shape index (κ3) is 3.11. The molecule has 1 aliphatic rings. The second kappa shape index (κ2) is 6.44. The van der Waals surface area contributed by atoms with Crippen molar-refractivity contribution in [3.8, 4) is 0 Å². The quantitative estimate of drug-likeness (QED) is 0.942. The summed E-state index contributed by atoms with van der Waals surface area (Å²) in [6.07, 6.45) is 5.92. The summed E-state index contributed by atoms with van der Waals surface area (Å²) in [4.78, 5) is 25.7. The highest BCUT2D eigenvalue weighted by atomic mass is 32.1. The van der Waals surface area contributed by atoms with E-state index in [2.05, 4.69) is 28.3 Å². The topological polar surface area (TPSA) is 58.1 Å². The molecule has 116 valence electrons. The summed E-state index contributed by atoms with van der Waals surface area (Å²) in [5, 5.41) is 3.00. The first-order valence-corrected chi connectivity index (χ1v) is 8.33. The van der Waals surface area contributed by atoms with Gasteiger partial charge in [-0.3, -0.25) is 9.78 Å². The van der Waals surface area contributed by atoms with Gasteiger partial charge in [-0.05, 0) is 31.9 Å². The van der Waals surface area contributed by atoms with E-state index in [9.17, 15) is 4.79 Å². The lowest BCUT2D eigenvalue weighted by Gasteiger charge is -2.24. The summed E-state index contributed by atoms with van der Waals surface area (Å²) in [6.45, 7) is 2.87. The molecule has 0 aliphatic carbocycles. The third-order valence-electron chi connectivity index (χ3n) is 3.95. The van der Waals surface area contributed by atoms with Gasteiger partial charge in [0.15, 0.2) is 0 Å². The van der Waals surface area contributed by atoms with Crippen LogP contribution in [0.15, 0.2) is 24.5 Å². The first-order valence-electron chi connectivity index (χ1n) is 7.52. The van der Waals surface area contributed by atoms with E-state index in [-0.39, 0.29) is 11.9 Å². The number of aryl methyl sites for hydroxylation is 1. The molecule has 1 N–H and O–H groups in total. The third-order valence-corrected chi connectivity index (χ3v) is 4.95. The van der Waals surface area contributed by atoms with Crippen LogP contribution in [0.5, 0.6) is 0 Å². The first kappa shape index (κ1) is 15.0. The monoisotopic (exact) mass is 316 g/mol. The summed E-state index contributed by atoms with van der Waals surface area (Å²) in [5.41, 5.74) is 0.875. The number of hydrogen-bond acceptors (Lipinski definition) is 5. The molecule has 3 heterocycles. The van der Waals surface area contributed by atoms with E-state index in [0.29, 0.717) is 6.42 Å². The van der Waals surface area contributed by atoms with Crippen molar-refractivity contribution in [1.82, 2.24) is 14.9 Å². The van der Waals surface area contributed by atoms with E-state index < -0.39 is 0 Å². The largest absolute Gasteiger partial charge is 0.372 e. The number of hydrogen-bond donors (Lipinski definition) is 1. The Labute approximate surface area is 134 Å². The molecule has 1 atom stereocenters. The second-order valence-corrected chi connectivity index (χ2v) is 6.89. The molecule has 0 radical (unpaired) electrons. The highest BCUT2D eigenvalue weighted by Gasteiger charge is 2.31. The minimum Gasteiger partial charge on any atom is -0.372 e. The number of amides is 1. The van der Waals surface area contributed by atoms with Crippen LogP contribution < -0.4 is 5.32 Å². The van der Waals surface area contributed by atoms with Gasteiger partial charge in [0, 0.05) is 23.3 Å². The zero-order chi connectivity index (χ0) is 15.5. The van der Waals surface area contributed by atoms with Crippen LogP contribution in [0.3, 0.4) is 0 Å². The Bertz CT molecular complexity index is 670. The van der Waals surface area contributed by atoms with Crippen LogP contribution in [0, 0.1) is 6.92 Å². The van der Waals surface area contributed by atoms with Crippen molar-refractivity contribution in [1.29, 1.82) is 0 Å². The molecule has 2 aromatic heterocycles. The van der Waals surface area contributed by atoms with Crippen LogP contribution in [0.2, 0.25) is 0 Å². The van der Waals surface area contributed by atoms with Crippen LogP contribution in [0.4, 0.5) is 5.82 Å². The van der Waals surface area contributed by atoms with Crippen molar-refractivity contribution in [2.45, 2.75) is 32.2 Å². The Kier molecular flexibility index (Phi) is 4.38. The number of carbonyl (C=O) groups is 1. The lowest BCUT2D eigenvalue weighted by Crippen LogP contribution is -2.32. The Balaban J connectivity index is 1.75. The SMILES string of the molecule is CNc1cncc(C2CCCN2C(=O)Cc2ccc(C)s2)n1. The molecule has 3 rings (SSSR count). The number of carbonyl (C=O) groups excluding carboxylic acids is 1. The summed E-state index contributed by atoms with van der Waals surface area (Å²) < 4.78 is 0. The van der Waals surface area contributed by atoms with E-state index in [4.69, 9.17) is 0 Å². The van der Waals surface area contributed by atoms with Crippen LogP contribution in [-0.4, -0.2) is 34.4 Å². The predicted molar refractivity (Wildman–Crippen MR) is 88.0 cm³/mol. The van der Waals surface area contributed by atoms with Gasteiger partial charge in [-0.2, -0.15) is 0 Å². The van der Waals surface area contributed by atoms with Crippen LogP contribution in [0.25, 0.3) is 0 Å². The van der Waals surface area contributed by atoms with E-state index in [1.165, 1.54) is 4.88 Å². The van der Waals surface area contributed by atoms with Crippen molar-refractivity contribution < 1.29 is 4.79 Å². The fourth-order valence-electron chi connectivity index (χ4n) is 2.87. The predicted octanol–water partition coefficient (Wildman–Crippen LogP) is 2.79. The molecule has 1 fully saturated rings. The van der Waals surface area contributed by atoms with E-state index >= 15 is 0 Å². The molecular weight excluding hydrogens is 296 g/mol. The molecule has 0 aromatic carbocycles. The van der Waals surface area contributed by atoms with Gasteiger partial charge in [0.25, 0.3) is 0 Å². The number of rotatable bonds is 4. The Morgan fingerprint density at radius 3 is 3.05 bits per heavy atom. The highest BCUT2D eigenvalue weighted by Crippen LogP contribution is 2.31. The first-order chi connectivity index (χ1) is 10.7. The average Bonchev–Trinajstić information content (AvgIpc) is 3.16. The smallest absolute Gasteiger partial charge is 0.228 e. The van der Waals surface area contributed by atoms with Crippen molar-refractivity contribution in [2.24, 2.45) is 0 Å². The molecule has 1 amide bonds. The Morgan fingerprint density at radius 2 is 2.32 bits per heavy atom. The summed E-state index contributed by atoms with van der Waals surface area (Å²) in [6, 6.07) is 4.16. The van der Waals surface area contributed by atoms with E-state index in [1.807, 2.05) is 18.0 Å². The van der Waals surface area contributed by atoms with Crippen LogP contribution in [-0.2, 0) is 11.2 Å². The van der Waals surface area contributed by atoms with Gasteiger partial charge in [-0.15, -0.1) is 11.3 Å². The Hall–Kier alpha value is -1.95. The van der Waals surface area contributed by atoms with Gasteiger partial charge in [-0.25, -0.2) is 4.98 Å². The van der Waals surface area contributed by atoms with Crippen molar-refractivity contribution in [3.05, 3.63) is 40.0 Å². The van der Waals surface area contributed by atoms with Crippen molar-refractivity contribution >= 4 is 23.1 Å². The number of thiophene rings is 1. The summed E-state index contributed by atoms with van der Waals surface area (Å²) in [7, 11) is 1.82. The van der Waals surface area contributed by atoms with E-state index in [1.54, 1.807) is 23.7 Å². The average molecular weight is 316 g/mol. The zero-order valence-corrected chi connectivity index (χ0v) is 13.7. The number of nitrogens with one attached hydrogen (secondary N) is 1. The molecule has 2 aromatic rings. The van der Waals surface area contributed by atoms with Gasteiger partial charge < -0.3 is 10.2 Å². The fraction of sp³-hybridized carbons (Fsp3) is 0.438.